The molecule has 3 aromatic rings. The van der Waals surface area contributed by atoms with Crippen molar-refractivity contribution in [3.63, 3.8) is 0 Å². The lowest BCUT2D eigenvalue weighted by atomic mass is 9.94. The summed E-state index contributed by atoms with van der Waals surface area (Å²) >= 11 is 0. The van der Waals surface area contributed by atoms with Crippen LogP contribution in [-0.2, 0) is 11.2 Å². The number of benzene rings is 2. The first-order valence-corrected chi connectivity index (χ1v) is 14.6. The third-order valence-electron chi connectivity index (χ3n) is 7.19. The average Bonchev–Trinajstić information content (AvgIpc) is 3.02. The molecule has 0 bridgehead atoms. The maximum absolute atomic E-state index is 13.6. The van der Waals surface area contributed by atoms with Crippen LogP contribution in [0.25, 0.3) is 0 Å². The van der Waals surface area contributed by atoms with Crippen LogP contribution in [0.1, 0.15) is 72.2 Å². The van der Waals surface area contributed by atoms with Crippen LogP contribution in [-0.4, -0.2) is 63.3 Å². The largest absolute Gasteiger partial charge is 0.388 e. The van der Waals surface area contributed by atoms with Gasteiger partial charge in [0.25, 0.3) is 11.8 Å². The first-order chi connectivity index (χ1) is 20.3. The molecule has 9 heteroatoms. The standard InChI is InChI=1S/C33H42N4O5/c1-3-4-5-12-19-27(36-32(41)26-18-13-20-34-22-26)33(42)37-28(21-24-14-8-6-9-15-24)30(39)29(38)23(2)35-31(40)25-16-10-7-11-17-25/h6-11,13-18,20,22-23,27-30,38-39H,3-5,12,19,21H2,1-2H3,(H,35,40)(H,36,41)(H,37,42)/t23-,27+,28+,29+,30+/m0/s1. The summed E-state index contributed by atoms with van der Waals surface area (Å²) in [5.74, 6) is -1.27. The number of hydrogen-bond acceptors (Lipinski definition) is 6. The number of unbranched alkanes of at least 4 members (excludes halogenated alkanes) is 3. The molecule has 2 aromatic carbocycles. The number of aliphatic hydroxyl groups is 2. The van der Waals surface area contributed by atoms with Gasteiger partial charge in [-0.25, -0.2) is 0 Å². The highest BCUT2D eigenvalue weighted by Gasteiger charge is 2.34. The highest BCUT2D eigenvalue weighted by molar-refractivity contribution is 5.97. The first-order valence-electron chi connectivity index (χ1n) is 14.6. The molecule has 3 amide bonds. The van der Waals surface area contributed by atoms with E-state index in [0.717, 1.165) is 31.2 Å². The minimum absolute atomic E-state index is 0.225. The molecule has 0 saturated heterocycles. The van der Waals surface area contributed by atoms with Gasteiger partial charge in [0.15, 0.2) is 0 Å². The van der Waals surface area contributed by atoms with Crippen LogP contribution in [0.2, 0.25) is 0 Å². The molecule has 0 aliphatic heterocycles. The molecule has 1 heterocycles. The molecule has 5 atom stereocenters. The molecule has 5 N–H and O–H groups in total. The van der Waals surface area contributed by atoms with Gasteiger partial charge in [0, 0.05) is 18.0 Å². The van der Waals surface area contributed by atoms with Crippen molar-refractivity contribution >= 4 is 17.7 Å². The van der Waals surface area contributed by atoms with Crippen molar-refractivity contribution < 1.29 is 24.6 Å². The van der Waals surface area contributed by atoms with Gasteiger partial charge in [-0.1, -0.05) is 81.1 Å². The topological polar surface area (TPSA) is 141 Å². The van der Waals surface area contributed by atoms with E-state index in [1.54, 1.807) is 55.6 Å². The van der Waals surface area contributed by atoms with E-state index in [4.69, 9.17) is 0 Å². The van der Waals surface area contributed by atoms with Crippen LogP contribution >= 0.6 is 0 Å². The minimum atomic E-state index is -1.42. The summed E-state index contributed by atoms with van der Waals surface area (Å²) in [4.78, 5) is 43.2. The molecule has 0 saturated carbocycles. The van der Waals surface area contributed by atoms with Gasteiger partial charge in [-0.15, -0.1) is 0 Å². The fraction of sp³-hybridized carbons (Fsp3) is 0.394. The molecule has 0 aliphatic rings. The number of aromatic nitrogens is 1. The van der Waals surface area contributed by atoms with E-state index in [0.29, 0.717) is 17.5 Å². The fourth-order valence-electron chi connectivity index (χ4n) is 4.69. The number of aliphatic hydroxyl groups excluding tert-OH is 2. The molecule has 42 heavy (non-hydrogen) atoms. The second-order valence-corrected chi connectivity index (χ2v) is 10.5. The number of nitrogens with zero attached hydrogens (tertiary/aromatic N) is 1. The van der Waals surface area contributed by atoms with Crippen molar-refractivity contribution in [1.29, 1.82) is 0 Å². The van der Waals surface area contributed by atoms with Gasteiger partial charge in [0.1, 0.15) is 18.2 Å². The van der Waals surface area contributed by atoms with Crippen LogP contribution in [0, 0.1) is 0 Å². The zero-order valence-electron chi connectivity index (χ0n) is 24.3. The lowest BCUT2D eigenvalue weighted by molar-refractivity contribution is -0.125. The van der Waals surface area contributed by atoms with Gasteiger partial charge in [-0.2, -0.15) is 0 Å². The van der Waals surface area contributed by atoms with Gasteiger partial charge in [-0.3, -0.25) is 19.4 Å². The molecule has 0 fully saturated rings. The second kappa shape index (κ2) is 17.0. The molecule has 9 nitrogen and oxygen atoms in total. The van der Waals surface area contributed by atoms with E-state index >= 15 is 0 Å². The lowest BCUT2D eigenvalue weighted by Crippen LogP contribution is -2.58. The highest BCUT2D eigenvalue weighted by atomic mass is 16.3. The Morgan fingerprint density at radius 2 is 1.40 bits per heavy atom. The minimum Gasteiger partial charge on any atom is -0.388 e. The normalized spacial score (nSPS) is 14.6. The second-order valence-electron chi connectivity index (χ2n) is 10.5. The Morgan fingerprint density at radius 3 is 2.05 bits per heavy atom. The Labute approximate surface area is 247 Å². The molecule has 1 aromatic heterocycles. The third kappa shape index (κ3) is 10.1. The summed E-state index contributed by atoms with van der Waals surface area (Å²) in [6, 6.07) is 18.6. The van der Waals surface area contributed by atoms with E-state index < -0.39 is 42.1 Å². The van der Waals surface area contributed by atoms with Crippen LogP contribution < -0.4 is 16.0 Å². The monoisotopic (exact) mass is 574 g/mol. The van der Waals surface area contributed by atoms with Gasteiger partial charge in [0.05, 0.1) is 17.6 Å². The van der Waals surface area contributed by atoms with Gasteiger partial charge in [-0.05, 0) is 49.6 Å². The highest BCUT2D eigenvalue weighted by Crippen LogP contribution is 2.14. The Hall–Kier alpha value is -4.08. The SMILES string of the molecule is CCCCCC[C@@H](NC(=O)c1cccnc1)C(=O)N[C@H](Cc1ccccc1)[C@@H](O)[C@H](O)[C@H](C)NC(=O)c1ccccc1. The molecule has 0 spiro atoms. The summed E-state index contributed by atoms with van der Waals surface area (Å²) in [5, 5.41) is 30.8. The average molecular weight is 575 g/mol. The quantitative estimate of drug-likeness (QED) is 0.166. The van der Waals surface area contributed by atoms with Crippen LogP contribution in [0.4, 0.5) is 0 Å². The van der Waals surface area contributed by atoms with Gasteiger partial charge >= 0.3 is 0 Å². The number of hydrogen-bond donors (Lipinski definition) is 5. The van der Waals surface area contributed by atoms with Gasteiger partial charge < -0.3 is 26.2 Å². The molecular weight excluding hydrogens is 532 g/mol. The smallest absolute Gasteiger partial charge is 0.253 e. The summed E-state index contributed by atoms with van der Waals surface area (Å²) in [6.45, 7) is 3.69. The van der Waals surface area contributed by atoms with Crippen molar-refractivity contribution in [2.75, 3.05) is 0 Å². The number of pyridine rings is 1. The van der Waals surface area contributed by atoms with Crippen molar-refractivity contribution in [3.8, 4) is 0 Å². The zero-order valence-corrected chi connectivity index (χ0v) is 24.3. The van der Waals surface area contributed by atoms with E-state index in [1.165, 1.54) is 6.20 Å². The number of rotatable bonds is 16. The summed E-state index contributed by atoms with van der Waals surface area (Å²) in [7, 11) is 0. The maximum atomic E-state index is 13.6. The number of carbonyl (C=O) groups excluding carboxylic acids is 3. The fourth-order valence-corrected chi connectivity index (χ4v) is 4.69. The van der Waals surface area contributed by atoms with Crippen molar-refractivity contribution in [2.24, 2.45) is 0 Å². The van der Waals surface area contributed by atoms with E-state index in [-0.39, 0.29) is 12.3 Å². The van der Waals surface area contributed by atoms with Crippen molar-refractivity contribution in [1.82, 2.24) is 20.9 Å². The summed E-state index contributed by atoms with van der Waals surface area (Å²) in [5.41, 5.74) is 1.60. The summed E-state index contributed by atoms with van der Waals surface area (Å²) in [6.07, 6.45) is 4.52. The molecule has 0 aliphatic carbocycles. The third-order valence-corrected chi connectivity index (χ3v) is 7.19. The van der Waals surface area contributed by atoms with Crippen LogP contribution in [0.15, 0.2) is 85.2 Å². The molecular formula is C33H42N4O5. The summed E-state index contributed by atoms with van der Waals surface area (Å²) < 4.78 is 0. The predicted octanol–water partition coefficient (Wildman–Crippen LogP) is 3.42. The van der Waals surface area contributed by atoms with Crippen LogP contribution in [0.3, 0.4) is 0 Å². The molecule has 224 valence electrons. The van der Waals surface area contributed by atoms with E-state index in [9.17, 15) is 24.6 Å². The maximum Gasteiger partial charge on any atom is 0.253 e. The molecule has 3 rings (SSSR count). The predicted molar refractivity (Wildman–Crippen MR) is 162 cm³/mol. The first kappa shape index (κ1) is 32.4. The van der Waals surface area contributed by atoms with Crippen LogP contribution in [0.5, 0.6) is 0 Å². The van der Waals surface area contributed by atoms with Crippen molar-refractivity contribution in [2.45, 2.75) is 82.7 Å². The number of amides is 3. The van der Waals surface area contributed by atoms with E-state index in [1.807, 2.05) is 30.3 Å². The molecule has 0 radical (unpaired) electrons. The zero-order chi connectivity index (χ0) is 30.3. The number of carbonyl (C=O) groups is 3. The number of nitrogens with one attached hydrogen (secondary N) is 3. The van der Waals surface area contributed by atoms with Gasteiger partial charge in [0.2, 0.25) is 5.91 Å². The Bertz CT molecular complexity index is 1240. The van der Waals surface area contributed by atoms with Crippen molar-refractivity contribution in [3.05, 3.63) is 102 Å². The Kier molecular flexibility index (Phi) is 13.1. The Balaban J connectivity index is 1.76. The lowest BCUT2D eigenvalue weighted by Gasteiger charge is -2.32. The van der Waals surface area contributed by atoms with E-state index in [2.05, 4.69) is 27.9 Å². The Morgan fingerprint density at radius 1 is 0.762 bits per heavy atom. The molecule has 0 unspecified atom stereocenters.